The lowest BCUT2D eigenvalue weighted by Crippen LogP contribution is -2.57. The molecule has 0 saturated heterocycles. The van der Waals surface area contributed by atoms with Gasteiger partial charge in [0.05, 0.1) is 0 Å². The molecule has 2 N–H and O–H groups in total. The second kappa shape index (κ2) is 7.29. The first-order valence-corrected chi connectivity index (χ1v) is 6.92. The van der Waals surface area contributed by atoms with Crippen LogP contribution in [0, 0.1) is 5.92 Å². The fourth-order valence-corrected chi connectivity index (χ4v) is 2.49. The largest absolute Gasteiger partial charge is 0.326 e. The van der Waals surface area contributed by atoms with Gasteiger partial charge in [-0.25, -0.2) is 0 Å². The predicted molar refractivity (Wildman–Crippen MR) is 73.7 cm³/mol. The molecule has 2 unspecified atom stereocenters. The van der Waals surface area contributed by atoms with E-state index >= 15 is 0 Å². The monoisotopic (exact) mass is 228 g/mol. The van der Waals surface area contributed by atoms with Crippen molar-refractivity contribution in [2.24, 2.45) is 11.7 Å². The van der Waals surface area contributed by atoms with Crippen LogP contribution < -0.4 is 5.73 Å². The summed E-state index contributed by atoms with van der Waals surface area (Å²) in [5.74, 6) is 0.754. The van der Waals surface area contributed by atoms with Crippen molar-refractivity contribution in [2.45, 2.75) is 72.4 Å². The Hall–Kier alpha value is -0.0800. The average Bonchev–Trinajstić information content (AvgIpc) is 2.26. The van der Waals surface area contributed by atoms with E-state index in [1.165, 1.54) is 6.42 Å². The zero-order valence-corrected chi connectivity index (χ0v) is 12.2. The molecule has 0 saturated carbocycles. The minimum absolute atomic E-state index is 0.165. The van der Waals surface area contributed by atoms with Gasteiger partial charge in [-0.2, -0.15) is 0 Å². The average molecular weight is 228 g/mol. The normalized spacial score (nSPS) is 17.8. The molecule has 0 aromatic carbocycles. The van der Waals surface area contributed by atoms with Crippen LogP contribution in [0.5, 0.6) is 0 Å². The maximum Gasteiger partial charge on any atom is 0.0329 e. The van der Waals surface area contributed by atoms with Gasteiger partial charge in [-0.3, -0.25) is 4.90 Å². The topological polar surface area (TPSA) is 29.3 Å². The molecule has 0 rings (SSSR count). The van der Waals surface area contributed by atoms with Gasteiger partial charge in [0.15, 0.2) is 0 Å². The van der Waals surface area contributed by atoms with Gasteiger partial charge in [-0.05, 0) is 45.2 Å². The molecule has 0 fully saturated rings. The molecule has 0 bridgehead atoms. The lowest BCUT2D eigenvalue weighted by Gasteiger charge is -2.44. The zero-order valence-electron chi connectivity index (χ0n) is 12.2. The summed E-state index contributed by atoms with van der Waals surface area (Å²) in [5.41, 5.74) is 6.59. The third kappa shape index (κ3) is 4.06. The summed E-state index contributed by atoms with van der Waals surface area (Å²) in [4.78, 5) is 2.51. The number of hydrogen-bond acceptors (Lipinski definition) is 2. The number of rotatable bonds is 8. The van der Waals surface area contributed by atoms with Crippen LogP contribution in [0.1, 0.15) is 60.8 Å². The second-order valence-corrected chi connectivity index (χ2v) is 5.46. The van der Waals surface area contributed by atoms with Crippen LogP contribution in [0.3, 0.4) is 0 Å². The number of nitrogens with zero attached hydrogens (tertiary/aromatic N) is 1. The number of hydrogen-bond donors (Lipinski definition) is 1. The van der Waals surface area contributed by atoms with Crippen molar-refractivity contribution in [1.82, 2.24) is 4.90 Å². The molecular formula is C14H32N2. The molecule has 0 aliphatic rings. The van der Waals surface area contributed by atoms with Crippen molar-refractivity contribution in [2.75, 3.05) is 13.1 Å². The Kier molecular flexibility index (Phi) is 7.25. The van der Waals surface area contributed by atoms with Crippen LogP contribution in [0.15, 0.2) is 0 Å². The number of nitrogens with two attached hydrogens (primary N) is 1. The molecule has 0 spiro atoms. The Morgan fingerprint density at radius 3 is 1.88 bits per heavy atom. The molecule has 98 valence electrons. The molecule has 0 amide bonds. The van der Waals surface area contributed by atoms with E-state index in [0.29, 0.717) is 6.04 Å². The Morgan fingerprint density at radius 2 is 1.56 bits per heavy atom. The second-order valence-electron chi connectivity index (χ2n) is 5.46. The zero-order chi connectivity index (χ0) is 12.8. The SMILES string of the molecule is CCN(CC)C(C)(CC)C(N)CCC(C)C. The van der Waals surface area contributed by atoms with E-state index in [0.717, 1.165) is 31.8 Å². The van der Waals surface area contributed by atoms with Gasteiger partial charge >= 0.3 is 0 Å². The molecule has 0 aliphatic carbocycles. The van der Waals surface area contributed by atoms with Crippen LogP contribution in [-0.4, -0.2) is 29.6 Å². The third-order valence-corrected chi connectivity index (χ3v) is 4.06. The molecule has 0 heterocycles. The standard InChI is InChI=1S/C14H32N2/c1-7-14(6,16(8-2)9-3)13(15)11-10-12(4)5/h12-13H,7-11,15H2,1-6H3. The molecular weight excluding hydrogens is 196 g/mol. The first-order valence-electron chi connectivity index (χ1n) is 6.92. The van der Waals surface area contributed by atoms with Gasteiger partial charge in [-0.1, -0.05) is 34.6 Å². The Labute approximate surface area is 103 Å². The molecule has 2 nitrogen and oxygen atoms in total. The molecule has 2 heteroatoms. The molecule has 0 radical (unpaired) electrons. The van der Waals surface area contributed by atoms with Gasteiger partial charge in [0, 0.05) is 11.6 Å². The minimum atomic E-state index is 0.165. The van der Waals surface area contributed by atoms with E-state index in [-0.39, 0.29) is 5.54 Å². The maximum atomic E-state index is 6.42. The van der Waals surface area contributed by atoms with Gasteiger partial charge in [-0.15, -0.1) is 0 Å². The summed E-state index contributed by atoms with van der Waals surface area (Å²) in [6.07, 6.45) is 3.50. The van der Waals surface area contributed by atoms with Gasteiger partial charge < -0.3 is 5.73 Å². The Balaban J connectivity index is 4.53. The maximum absolute atomic E-state index is 6.42. The lowest BCUT2D eigenvalue weighted by molar-refractivity contribution is 0.0794. The highest BCUT2D eigenvalue weighted by molar-refractivity contribution is 4.93. The van der Waals surface area contributed by atoms with Crippen LogP contribution in [0.2, 0.25) is 0 Å². The highest BCUT2D eigenvalue weighted by Crippen LogP contribution is 2.25. The summed E-state index contributed by atoms with van der Waals surface area (Å²) < 4.78 is 0. The minimum Gasteiger partial charge on any atom is -0.326 e. The van der Waals surface area contributed by atoms with E-state index in [1.54, 1.807) is 0 Å². The van der Waals surface area contributed by atoms with Crippen molar-refractivity contribution < 1.29 is 0 Å². The van der Waals surface area contributed by atoms with Crippen molar-refractivity contribution in [3.05, 3.63) is 0 Å². The molecule has 0 aromatic rings. The number of likely N-dealkylation sites (N-methyl/N-ethyl adjacent to an activating group) is 1. The van der Waals surface area contributed by atoms with Crippen LogP contribution >= 0.6 is 0 Å². The van der Waals surface area contributed by atoms with E-state index < -0.39 is 0 Å². The molecule has 2 atom stereocenters. The summed E-state index contributed by atoms with van der Waals surface area (Å²) >= 11 is 0. The first kappa shape index (κ1) is 15.9. The molecule has 0 aliphatic heterocycles. The van der Waals surface area contributed by atoms with Crippen LogP contribution in [0.4, 0.5) is 0 Å². The first-order chi connectivity index (χ1) is 7.42. The Bertz CT molecular complexity index is 176. The van der Waals surface area contributed by atoms with Crippen molar-refractivity contribution in [1.29, 1.82) is 0 Å². The third-order valence-electron chi connectivity index (χ3n) is 4.06. The summed E-state index contributed by atoms with van der Waals surface area (Å²) in [5, 5.41) is 0. The van der Waals surface area contributed by atoms with E-state index in [2.05, 4.69) is 46.4 Å². The van der Waals surface area contributed by atoms with Gasteiger partial charge in [0.25, 0.3) is 0 Å². The molecule has 0 aromatic heterocycles. The summed E-state index contributed by atoms with van der Waals surface area (Å²) in [7, 11) is 0. The smallest absolute Gasteiger partial charge is 0.0329 e. The lowest BCUT2D eigenvalue weighted by atomic mass is 9.84. The van der Waals surface area contributed by atoms with E-state index in [4.69, 9.17) is 5.73 Å². The van der Waals surface area contributed by atoms with Crippen LogP contribution in [0.25, 0.3) is 0 Å². The Morgan fingerprint density at radius 1 is 1.06 bits per heavy atom. The van der Waals surface area contributed by atoms with Crippen molar-refractivity contribution in [3.63, 3.8) is 0 Å². The molecule has 16 heavy (non-hydrogen) atoms. The van der Waals surface area contributed by atoms with E-state index in [1.807, 2.05) is 0 Å². The van der Waals surface area contributed by atoms with Crippen LogP contribution in [-0.2, 0) is 0 Å². The summed E-state index contributed by atoms with van der Waals surface area (Å²) in [6, 6.07) is 0.291. The van der Waals surface area contributed by atoms with Gasteiger partial charge in [0.1, 0.15) is 0 Å². The quantitative estimate of drug-likeness (QED) is 0.691. The predicted octanol–water partition coefficient (Wildman–Crippen LogP) is 3.26. The van der Waals surface area contributed by atoms with Crippen molar-refractivity contribution in [3.8, 4) is 0 Å². The van der Waals surface area contributed by atoms with Gasteiger partial charge in [0.2, 0.25) is 0 Å². The summed E-state index contributed by atoms with van der Waals surface area (Å²) in [6.45, 7) is 15.8. The highest BCUT2D eigenvalue weighted by atomic mass is 15.2. The van der Waals surface area contributed by atoms with E-state index in [9.17, 15) is 0 Å². The fourth-order valence-electron chi connectivity index (χ4n) is 2.49. The fraction of sp³-hybridized carbons (Fsp3) is 1.00. The van der Waals surface area contributed by atoms with Crippen molar-refractivity contribution >= 4 is 0 Å². The highest BCUT2D eigenvalue weighted by Gasteiger charge is 2.34.